The number of rotatable bonds is 3. The number of thioether (sulfide) groups is 1. The lowest BCUT2D eigenvalue weighted by Crippen LogP contribution is -1.89. The van der Waals surface area contributed by atoms with Gasteiger partial charge >= 0.3 is 0 Å². The van der Waals surface area contributed by atoms with E-state index in [0.717, 1.165) is 21.4 Å². The summed E-state index contributed by atoms with van der Waals surface area (Å²) in [5.41, 5.74) is 1.14. The first-order valence-electron chi connectivity index (χ1n) is 3.99. The standard InChI is InChI=1S/C11H12ClS/c1-4-8(2)9-5-6-11(13-3)10(12)7-9/h4-7H,1H2,2-3H3. The number of allylic oxidation sites excluding steroid dienone is 1. The van der Waals surface area contributed by atoms with Crippen molar-refractivity contribution in [1.29, 1.82) is 0 Å². The van der Waals surface area contributed by atoms with Gasteiger partial charge in [0, 0.05) is 10.8 Å². The van der Waals surface area contributed by atoms with Gasteiger partial charge in [-0.1, -0.05) is 30.7 Å². The molecular formula is C11H12ClS. The summed E-state index contributed by atoms with van der Waals surface area (Å²) < 4.78 is 0. The van der Waals surface area contributed by atoms with Gasteiger partial charge in [0.1, 0.15) is 0 Å². The molecular weight excluding hydrogens is 200 g/mol. The van der Waals surface area contributed by atoms with Crippen molar-refractivity contribution >= 4 is 23.4 Å². The Morgan fingerprint density at radius 3 is 2.69 bits per heavy atom. The predicted molar refractivity (Wildman–Crippen MR) is 61.4 cm³/mol. The minimum Gasteiger partial charge on any atom is -0.128 e. The molecule has 0 atom stereocenters. The molecule has 0 bridgehead atoms. The van der Waals surface area contributed by atoms with Crippen molar-refractivity contribution in [3.63, 3.8) is 0 Å². The number of benzene rings is 1. The van der Waals surface area contributed by atoms with Gasteiger partial charge < -0.3 is 0 Å². The van der Waals surface area contributed by atoms with Crippen molar-refractivity contribution in [3.05, 3.63) is 47.4 Å². The number of hydrogen-bond donors (Lipinski definition) is 0. The molecule has 0 saturated heterocycles. The summed E-state index contributed by atoms with van der Waals surface area (Å²) >= 11 is 7.72. The normalized spacial score (nSPS) is 10.5. The smallest absolute Gasteiger partial charge is 0.0544 e. The first-order chi connectivity index (χ1) is 6.19. The highest BCUT2D eigenvalue weighted by atomic mass is 35.5. The molecule has 1 rings (SSSR count). The monoisotopic (exact) mass is 211 g/mol. The Morgan fingerprint density at radius 2 is 2.23 bits per heavy atom. The van der Waals surface area contributed by atoms with Crippen LogP contribution in [0.3, 0.4) is 0 Å². The molecule has 1 aromatic carbocycles. The molecule has 0 unspecified atom stereocenters. The van der Waals surface area contributed by atoms with Crippen LogP contribution in [0.5, 0.6) is 0 Å². The molecule has 1 radical (unpaired) electrons. The van der Waals surface area contributed by atoms with Crippen LogP contribution in [-0.2, 0) is 0 Å². The van der Waals surface area contributed by atoms with Crippen LogP contribution in [0.4, 0.5) is 0 Å². The van der Waals surface area contributed by atoms with Crippen molar-refractivity contribution in [3.8, 4) is 0 Å². The molecule has 0 nitrogen and oxygen atoms in total. The number of hydrogen-bond acceptors (Lipinski definition) is 1. The van der Waals surface area contributed by atoms with Crippen LogP contribution in [0.2, 0.25) is 5.02 Å². The van der Waals surface area contributed by atoms with E-state index < -0.39 is 0 Å². The highest BCUT2D eigenvalue weighted by molar-refractivity contribution is 7.98. The zero-order valence-electron chi connectivity index (χ0n) is 7.80. The minimum absolute atomic E-state index is 0.811. The Bertz CT molecular complexity index is 307. The van der Waals surface area contributed by atoms with E-state index in [4.69, 9.17) is 11.6 Å². The molecule has 69 valence electrons. The van der Waals surface area contributed by atoms with E-state index in [2.05, 4.69) is 12.6 Å². The molecule has 0 aliphatic heterocycles. The van der Waals surface area contributed by atoms with Crippen LogP contribution < -0.4 is 0 Å². The highest BCUT2D eigenvalue weighted by Crippen LogP contribution is 2.28. The third-order valence-electron chi connectivity index (χ3n) is 1.91. The zero-order valence-corrected chi connectivity index (χ0v) is 9.38. The van der Waals surface area contributed by atoms with Gasteiger partial charge in [0.25, 0.3) is 0 Å². The van der Waals surface area contributed by atoms with E-state index in [0.29, 0.717) is 0 Å². The van der Waals surface area contributed by atoms with Gasteiger partial charge in [-0.15, -0.1) is 18.3 Å². The average Bonchev–Trinajstić information content (AvgIpc) is 2.16. The van der Waals surface area contributed by atoms with Crippen LogP contribution in [0.15, 0.2) is 35.7 Å². The van der Waals surface area contributed by atoms with Crippen LogP contribution >= 0.6 is 23.4 Å². The van der Waals surface area contributed by atoms with Crippen molar-refractivity contribution < 1.29 is 0 Å². The van der Waals surface area contributed by atoms with Gasteiger partial charge in [0.2, 0.25) is 0 Å². The van der Waals surface area contributed by atoms with Gasteiger partial charge in [0.15, 0.2) is 0 Å². The molecule has 13 heavy (non-hydrogen) atoms. The highest BCUT2D eigenvalue weighted by Gasteiger charge is 2.04. The maximum Gasteiger partial charge on any atom is 0.0544 e. The van der Waals surface area contributed by atoms with Crippen molar-refractivity contribution in [1.82, 2.24) is 0 Å². The summed E-state index contributed by atoms with van der Waals surface area (Å²) in [7, 11) is 0. The molecule has 0 amide bonds. The fraction of sp³-hybridized carbons (Fsp3) is 0.182. The predicted octanol–water partition coefficient (Wildman–Crippen LogP) is 4.19. The van der Waals surface area contributed by atoms with Gasteiger partial charge in [0.05, 0.1) is 5.02 Å². The Morgan fingerprint density at radius 1 is 1.54 bits per heavy atom. The zero-order chi connectivity index (χ0) is 9.84. The van der Waals surface area contributed by atoms with Crippen LogP contribution in [0.1, 0.15) is 12.5 Å². The lowest BCUT2D eigenvalue weighted by molar-refractivity contribution is 1.24. The summed E-state index contributed by atoms with van der Waals surface area (Å²) in [6, 6.07) is 6.08. The van der Waals surface area contributed by atoms with E-state index in [-0.39, 0.29) is 0 Å². The molecule has 2 heteroatoms. The Labute approximate surface area is 89.0 Å². The number of halogens is 1. The second kappa shape index (κ2) is 4.73. The second-order valence-electron chi connectivity index (χ2n) is 2.74. The summed E-state index contributed by atoms with van der Waals surface area (Å²) in [4.78, 5) is 1.11. The van der Waals surface area contributed by atoms with Crippen LogP contribution in [-0.4, -0.2) is 6.26 Å². The quantitative estimate of drug-likeness (QED) is 0.676. The molecule has 0 N–H and O–H groups in total. The fourth-order valence-electron chi connectivity index (χ4n) is 1.03. The minimum atomic E-state index is 0.811. The summed E-state index contributed by atoms with van der Waals surface area (Å²) in [6.07, 6.45) is 3.86. The SMILES string of the molecule is C=C[C](C)c1ccc(SC)c(Cl)c1. The first-order valence-corrected chi connectivity index (χ1v) is 5.59. The lowest BCUT2D eigenvalue weighted by Gasteiger charge is -2.07. The van der Waals surface area contributed by atoms with Gasteiger partial charge in [-0.3, -0.25) is 0 Å². The van der Waals surface area contributed by atoms with Crippen molar-refractivity contribution in [2.75, 3.05) is 6.26 Å². The Balaban J connectivity index is 3.02. The molecule has 0 saturated carbocycles. The van der Waals surface area contributed by atoms with Gasteiger partial charge in [-0.25, -0.2) is 0 Å². The largest absolute Gasteiger partial charge is 0.128 e. The molecule has 0 aromatic heterocycles. The Kier molecular flexibility index (Phi) is 3.89. The fourth-order valence-corrected chi connectivity index (χ4v) is 1.90. The summed E-state index contributed by atoms with van der Waals surface area (Å²) in [6.45, 7) is 5.75. The van der Waals surface area contributed by atoms with E-state index in [1.807, 2.05) is 31.4 Å². The topological polar surface area (TPSA) is 0 Å². The Hall–Kier alpha value is -0.400. The lowest BCUT2D eigenvalue weighted by atomic mass is 10.0. The molecule has 0 aliphatic rings. The van der Waals surface area contributed by atoms with Gasteiger partial charge in [-0.2, -0.15) is 0 Å². The second-order valence-corrected chi connectivity index (χ2v) is 3.99. The average molecular weight is 212 g/mol. The van der Waals surface area contributed by atoms with Crippen LogP contribution in [0, 0.1) is 5.92 Å². The molecule has 0 heterocycles. The van der Waals surface area contributed by atoms with E-state index in [1.54, 1.807) is 11.8 Å². The third kappa shape index (κ3) is 2.52. The molecule has 1 aromatic rings. The third-order valence-corrected chi connectivity index (χ3v) is 3.13. The van der Waals surface area contributed by atoms with Crippen LogP contribution in [0.25, 0.3) is 0 Å². The van der Waals surface area contributed by atoms with E-state index >= 15 is 0 Å². The van der Waals surface area contributed by atoms with Gasteiger partial charge in [-0.05, 0) is 24.0 Å². The van der Waals surface area contributed by atoms with E-state index in [9.17, 15) is 0 Å². The molecule has 0 spiro atoms. The molecule has 0 aliphatic carbocycles. The van der Waals surface area contributed by atoms with E-state index in [1.165, 1.54) is 0 Å². The maximum absolute atomic E-state index is 6.06. The summed E-state index contributed by atoms with van der Waals surface area (Å²) in [5.74, 6) is 1.15. The maximum atomic E-state index is 6.06. The summed E-state index contributed by atoms with van der Waals surface area (Å²) in [5, 5.41) is 0.811. The first kappa shape index (κ1) is 10.7. The van der Waals surface area contributed by atoms with Crippen molar-refractivity contribution in [2.45, 2.75) is 11.8 Å². The van der Waals surface area contributed by atoms with Crippen molar-refractivity contribution in [2.24, 2.45) is 0 Å². The molecule has 0 fully saturated rings.